The number of hydrogen-bond acceptors (Lipinski definition) is 1. The van der Waals surface area contributed by atoms with Gasteiger partial charge in [-0.25, -0.2) is 8.78 Å². The topological polar surface area (TPSA) is 26.0 Å². The Morgan fingerprint density at radius 3 is 2.55 bits per heavy atom. The minimum atomic E-state index is -0.835. The molecule has 2 aromatic rings. The quantitative estimate of drug-likeness (QED) is 0.884. The molecule has 1 atom stereocenters. The van der Waals surface area contributed by atoms with E-state index in [2.05, 4.69) is 6.07 Å². The molecular weight excluding hydrogens is 256 g/mol. The molecule has 2 N–H and O–H groups in total. The number of benzene rings is 2. The van der Waals surface area contributed by atoms with Gasteiger partial charge >= 0.3 is 0 Å². The van der Waals surface area contributed by atoms with Gasteiger partial charge in [-0.1, -0.05) is 30.3 Å². The van der Waals surface area contributed by atoms with Crippen molar-refractivity contribution in [3.63, 3.8) is 0 Å². The second kappa shape index (κ2) is 4.98. The highest BCUT2D eigenvalue weighted by Gasteiger charge is 2.20. The molecule has 3 heteroatoms. The summed E-state index contributed by atoms with van der Waals surface area (Å²) in [5.74, 6) is -1.64. The van der Waals surface area contributed by atoms with Crippen LogP contribution in [0.2, 0.25) is 0 Å². The van der Waals surface area contributed by atoms with Crippen molar-refractivity contribution in [1.82, 2.24) is 0 Å². The minimum Gasteiger partial charge on any atom is -0.320 e. The van der Waals surface area contributed by atoms with Crippen LogP contribution in [0.5, 0.6) is 0 Å². The summed E-state index contributed by atoms with van der Waals surface area (Å²) in [6.07, 6.45) is 3.29. The van der Waals surface area contributed by atoms with E-state index in [1.54, 1.807) is 19.1 Å². The fourth-order valence-corrected chi connectivity index (χ4v) is 2.87. The normalized spacial score (nSPS) is 15.2. The van der Waals surface area contributed by atoms with Gasteiger partial charge in [0, 0.05) is 5.56 Å². The van der Waals surface area contributed by atoms with Gasteiger partial charge in [0.2, 0.25) is 0 Å². The van der Waals surface area contributed by atoms with E-state index >= 15 is 0 Å². The maximum Gasteiger partial charge on any atom is 0.164 e. The number of nitrogens with two attached hydrogens (primary N) is 1. The fourth-order valence-electron chi connectivity index (χ4n) is 2.87. The number of halogens is 2. The Kier molecular flexibility index (Phi) is 3.30. The summed E-state index contributed by atoms with van der Waals surface area (Å²) in [5.41, 5.74) is 10.1. The van der Waals surface area contributed by atoms with E-state index < -0.39 is 17.7 Å². The van der Waals surface area contributed by atoms with E-state index in [1.807, 2.05) is 12.1 Å². The average Bonchev–Trinajstić information content (AvgIpc) is 2.91. The highest BCUT2D eigenvalue weighted by atomic mass is 19.2. The SMILES string of the molecule is Cc1ccc(C(N)c2ccc3c(c2)CCC3)c(F)c1F. The summed E-state index contributed by atoms with van der Waals surface area (Å²) in [6.45, 7) is 1.54. The molecule has 0 aromatic heterocycles. The lowest BCUT2D eigenvalue weighted by Gasteiger charge is -2.16. The third kappa shape index (κ3) is 2.12. The van der Waals surface area contributed by atoms with Crippen molar-refractivity contribution in [3.05, 3.63) is 69.8 Å². The van der Waals surface area contributed by atoms with Gasteiger partial charge in [-0.15, -0.1) is 0 Å². The first kappa shape index (κ1) is 13.3. The Morgan fingerprint density at radius 2 is 1.75 bits per heavy atom. The first-order valence-corrected chi connectivity index (χ1v) is 6.89. The van der Waals surface area contributed by atoms with E-state index in [9.17, 15) is 8.78 Å². The fraction of sp³-hybridized carbons (Fsp3) is 0.294. The minimum absolute atomic E-state index is 0.214. The summed E-state index contributed by atoms with van der Waals surface area (Å²) >= 11 is 0. The van der Waals surface area contributed by atoms with Gasteiger partial charge in [0.05, 0.1) is 6.04 Å². The molecule has 0 heterocycles. The maximum atomic E-state index is 14.0. The van der Waals surface area contributed by atoms with Crippen LogP contribution in [0.25, 0.3) is 0 Å². The van der Waals surface area contributed by atoms with Crippen molar-refractivity contribution in [1.29, 1.82) is 0 Å². The molecule has 1 aliphatic carbocycles. The molecule has 0 bridgehead atoms. The summed E-state index contributed by atoms with van der Waals surface area (Å²) < 4.78 is 27.7. The predicted octanol–water partition coefficient (Wildman–Crippen LogP) is 3.81. The maximum absolute atomic E-state index is 14.0. The molecule has 20 heavy (non-hydrogen) atoms. The van der Waals surface area contributed by atoms with Crippen molar-refractivity contribution < 1.29 is 8.78 Å². The molecule has 0 aliphatic heterocycles. The van der Waals surface area contributed by atoms with Crippen molar-refractivity contribution in [2.45, 2.75) is 32.2 Å². The van der Waals surface area contributed by atoms with Crippen LogP contribution in [0, 0.1) is 18.6 Å². The van der Waals surface area contributed by atoms with E-state index in [1.165, 1.54) is 11.1 Å². The number of rotatable bonds is 2. The van der Waals surface area contributed by atoms with E-state index in [4.69, 9.17) is 5.73 Å². The second-order valence-corrected chi connectivity index (χ2v) is 5.46. The molecule has 2 aromatic carbocycles. The van der Waals surface area contributed by atoms with Crippen molar-refractivity contribution in [2.24, 2.45) is 5.73 Å². The summed E-state index contributed by atoms with van der Waals surface area (Å²) in [6, 6.07) is 8.53. The van der Waals surface area contributed by atoms with Crippen LogP contribution in [-0.4, -0.2) is 0 Å². The second-order valence-electron chi connectivity index (χ2n) is 5.46. The van der Waals surface area contributed by atoms with Gasteiger partial charge < -0.3 is 5.73 Å². The van der Waals surface area contributed by atoms with Crippen molar-refractivity contribution in [2.75, 3.05) is 0 Å². The Morgan fingerprint density at radius 1 is 1.00 bits per heavy atom. The molecule has 3 rings (SSSR count). The standard InChI is InChI=1S/C17H17F2N/c1-10-5-8-14(16(19)15(10)18)17(20)13-7-6-11-3-2-4-12(11)9-13/h5-9,17H,2-4,20H2,1H3. The van der Waals surface area contributed by atoms with E-state index in [0.29, 0.717) is 5.56 Å². The Bertz CT molecular complexity index is 664. The summed E-state index contributed by atoms with van der Waals surface area (Å²) in [4.78, 5) is 0. The highest BCUT2D eigenvalue weighted by Crippen LogP contribution is 2.29. The van der Waals surface area contributed by atoms with Crippen LogP contribution in [0.3, 0.4) is 0 Å². The van der Waals surface area contributed by atoms with Crippen molar-refractivity contribution in [3.8, 4) is 0 Å². The Labute approximate surface area is 117 Å². The van der Waals surface area contributed by atoms with E-state index in [0.717, 1.165) is 24.8 Å². The zero-order valence-corrected chi connectivity index (χ0v) is 11.4. The average molecular weight is 273 g/mol. The molecule has 104 valence electrons. The molecule has 0 amide bonds. The van der Waals surface area contributed by atoms with Gasteiger partial charge in [0.25, 0.3) is 0 Å². The molecule has 1 unspecified atom stereocenters. The van der Waals surface area contributed by atoms with Crippen LogP contribution >= 0.6 is 0 Å². The summed E-state index contributed by atoms with van der Waals surface area (Å²) in [5, 5.41) is 0. The Hall–Kier alpha value is -1.74. The molecule has 0 saturated heterocycles. The first-order chi connectivity index (χ1) is 9.58. The molecule has 1 nitrogen and oxygen atoms in total. The van der Waals surface area contributed by atoms with E-state index in [-0.39, 0.29) is 5.56 Å². The smallest absolute Gasteiger partial charge is 0.164 e. The largest absolute Gasteiger partial charge is 0.320 e. The monoisotopic (exact) mass is 273 g/mol. The van der Waals surface area contributed by atoms with Crippen LogP contribution in [-0.2, 0) is 12.8 Å². The zero-order chi connectivity index (χ0) is 14.3. The van der Waals surface area contributed by atoms with Gasteiger partial charge in [-0.05, 0) is 48.4 Å². The predicted molar refractivity (Wildman–Crippen MR) is 75.6 cm³/mol. The zero-order valence-electron chi connectivity index (χ0n) is 11.4. The van der Waals surface area contributed by atoms with Crippen LogP contribution in [0.15, 0.2) is 30.3 Å². The molecule has 0 saturated carbocycles. The molecule has 0 fully saturated rings. The van der Waals surface area contributed by atoms with Crippen LogP contribution in [0.4, 0.5) is 8.78 Å². The van der Waals surface area contributed by atoms with Gasteiger partial charge in [-0.2, -0.15) is 0 Å². The number of hydrogen-bond donors (Lipinski definition) is 1. The molecule has 0 spiro atoms. The molecule has 1 aliphatic rings. The third-order valence-electron chi connectivity index (χ3n) is 4.12. The van der Waals surface area contributed by atoms with Crippen molar-refractivity contribution >= 4 is 0 Å². The van der Waals surface area contributed by atoms with Gasteiger partial charge in [0.1, 0.15) is 0 Å². The number of fused-ring (bicyclic) bond motifs is 1. The van der Waals surface area contributed by atoms with Gasteiger partial charge in [-0.3, -0.25) is 0 Å². The first-order valence-electron chi connectivity index (χ1n) is 6.89. The molecular formula is C17H17F2N. The third-order valence-corrected chi connectivity index (χ3v) is 4.12. The highest BCUT2D eigenvalue weighted by molar-refractivity contribution is 5.41. The summed E-state index contributed by atoms with van der Waals surface area (Å²) in [7, 11) is 0. The van der Waals surface area contributed by atoms with Gasteiger partial charge in [0.15, 0.2) is 11.6 Å². The lowest BCUT2D eigenvalue weighted by atomic mass is 9.95. The number of aryl methyl sites for hydroxylation is 3. The lowest BCUT2D eigenvalue weighted by molar-refractivity contribution is 0.489. The van der Waals surface area contributed by atoms with Crippen LogP contribution in [0.1, 0.15) is 40.3 Å². The van der Waals surface area contributed by atoms with Crippen LogP contribution < -0.4 is 5.73 Å². The Balaban J connectivity index is 2.00. The molecule has 0 radical (unpaired) electrons. The lowest BCUT2D eigenvalue weighted by Crippen LogP contribution is -2.15.